The lowest BCUT2D eigenvalue weighted by atomic mass is 10.1. The van der Waals surface area contributed by atoms with Crippen LogP contribution >= 0.6 is 11.3 Å². The molecule has 0 radical (unpaired) electrons. The van der Waals surface area contributed by atoms with Crippen LogP contribution in [0, 0.1) is 22.9 Å². The normalized spacial score (nSPS) is 11.9. The summed E-state index contributed by atoms with van der Waals surface area (Å²) in [6.45, 7) is 0.440. The molecule has 4 aromatic rings. The first kappa shape index (κ1) is 20.9. The molecule has 0 aliphatic rings. The van der Waals surface area contributed by atoms with Crippen molar-refractivity contribution in [2.45, 2.75) is 19.5 Å². The predicted molar refractivity (Wildman–Crippen MR) is 97.7 cm³/mol. The summed E-state index contributed by atoms with van der Waals surface area (Å²) in [6.07, 6.45) is -3.41. The largest absolute Gasteiger partial charge is 0.573 e. The Kier molecular flexibility index (Phi) is 5.21. The van der Waals surface area contributed by atoms with Gasteiger partial charge in [0.1, 0.15) is 11.4 Å². The molecule has 0 saturated carbocycles. The molecule has 2 heterocycles. The third-order valence-electron chi connectivity index (χ3n) is 4.28. The number of fused-ring (bicyclic) bond motifs is 1. The zero-order valence-electron chi connectivity index (χ0n) is 15.3. The molecule has 1 N–H and O–H groups in total. The van der Waals surface area contributed by atoms with Crippen LogP contribution in [0.3, 0.4) is 0 Å². The maximum atomic E-state index is 13.4. The average Bonchev–Trinajstić information content (AvgIpc) is 3.26. The van der Waals surface area contributed by atoms with Crippen LogP contribution in [0.15, 0.2) is 36.5 Å². The predicted octanol–water partition coefficient (Wildman–Crippen LogP) is 4.46. The van der Waals surface area contributed by atoms with Crippen LogP contribution in [0.25, 0.3) is 21.5 Å². The van der Waals surface area contributed by atoms with E-state index in [1.54, 1.807) is 4.57 Å². The number of hydrogen-bond acceptors (Lipinski definition) is 5. The van der Waals surface area contributed by atoms with Crippen molar-refractivity contribution >= 4 is 21.6 Å². The first-order chi connectivity index (χ1) is 14.6. The molecule has 0 bridgehead atoms. The Morgan fingerprint density at radius 3 is 2.42 bits per heavy atom. The second-order valence-corrected chi connectivity index (χ2v) is 7.39. The molecule has 162 valence electrons. The maximum absolute atomic E-state index is 13.4. The summed E-state index contributed by atoms with van der Waals surface area (Å²) in [5.41, 5.74) is 0.667. The van der Waals surface area contributed by atoms with Gasteiger partial charge < -0.3 is 9.30 Å². The number of halogens is 6. The number of ether oxygens (including phenoxy) is 1. The highest BCUT2D eigenvalue weighted by molar-refractivity contribution is 7.16. The molecule has 31 heavy (non-hydrogen) atoms. The highest BCUT2D eigenvalue weighted by atomic mass is 32.1. The number of nitrogens with zero attached hydrogens (tertiary/aromatic N) is 4. The number of thiazole rings is 1. The zero-order chi connectivity index (χ0) is 22.3. The Morgan fingerprint density at radius 1 is 1.03 bits per heavy atom. The van der Waals surface area contributed by atoms with Crippen LogP contribution in [0.5, 0.6) is 5.75 Å². The van der Waals surface area contributed by atoms with Crippen molar-refractivity contribution in [2.75, 3.05) is 0 Å². The molecule has 0 amide bonds. The first-order valence-corrected chi connectivity index (χ1v) is 9.41. The molecule has 0 atom stereocenters. The highest BCUT2D eigenvalue weighted by Crippen LogP contribution is 2.28. The van der Waals surface area contributed by atoms with E-state index in [0.717, 1.165) is 29.5 Å². The molecule has 2 aromatic heterocycles. The summed E-state index contributed by atoms with van der Waals surface area (Å²) in [7, 11) is 0. The zero-order valence-corrected chi connectivity index (χ0v) is 16.1. The van der Waals surface area contributed by atoms with Crippen LogP contribution in [-0.4, -0.2) is 25.9 Å². The van der Waals surface area contributed by atoms with E-state index in [-0.39, 0.29) is 34.9 Å². The lowest BCUT2D eigenvalue weighted by Crippen LogP contribution is -2.17. The van der Waals surface area contributed by atoms with E-state index >= 15 is 0 Å². The van der Waals surface area contributed by atoms with Crippen molar-refractivity contribution in [1.29, 1.82) is 5.41 Å². The topological polar surface area (TPSA) is 68.7 Å². The maximum Gasteiger partial charge on any atom is 0.573 e. The van der Waals surface area contributed by atoms with Gasteiger partial charge in [0, 0.05) is 12.1 Å². The first-order valence-electron chi connectivity index (χ1n) is 8.59. The van der Waals surface area contributed by atoms with Crippen LogP contribution in [0.1, 0.15) is 0 Å². The summed E-state index contributed by atoms with van der Waals surface area (Å²) in [4.78, 5) is 0.0992. The second-order valence-electron chi connectivity index (χ2n) is 6.36. The number of alkyl halides is 3. The van der Waals surface area contributed by atoms with Gasteiger partial charge in [0.2, 0.25) is 0 Å². The van der Waals surface area contributed by atoms with Crippen molar-refractivity contribution in [2.24, 2.45) is 0 Å². The van der Waals surface area contributed by atoms with E-state index < -0.39 is 23.8 Å². The lowest BCUT2D eigenvalue weighted by molar-refractivity contribution is -0.274. The Labute approximate surface area is 173 Å². The highest BCUT2D eigenvalue weighted by Gasteiger charge is 2.31. The van der Waals surface area contributed by atoms with Crippen molar-refractivity contribution in [1.82, 2.24) is 19.6 Å². The van der Waals surface area contributed by atoms with Gasteiger partial charge in [-0.3, -0.25) is 10.1 Å². The minimum absolute atomic E-state index is 0.00895. The van der Waals surface area contributed by atoms with Crippen molar-refractivity contribution in [3.63, 3.8) is 0 Å². The van der Waals surface area contributed by atoms with E-state index in [4.69, 9.17) is 5.41 Å². The fourth-order valence-electron chi connectivity index (χ4n) is 2.93. The van der Waals surface area contributed by atoms with Gasteiger partial charge in [0.15, 0.2) is 22.3 Å². The SMILES string of the molecule is N=c1sc2cc(OC(F)(F)F)ccc2n1CCn1cc(-c2cc(F)c(F)c(F)c2)nn1. The molecule has 0 spiro atoms. The smallest absolute Gasteiger partial charge is 0.406 e. The fourth-order valence-corrected chi connectivity index (χ4v) is 3.90. The van der Waals surface area contributed by atoms with E-state index in [9.17, 15) is 26.3 Å². The molecule has 13 heteroatoms. The molecule has 4 rings (SSSR count). The third-order valence-corrected chi connectivity index (χ3v) is 5.24. The van der Waals surface area contributed by atoms with Crippen molar-refractivity contribution < 1.29 is 31.1 Å². The van der Waals surface area contributed by atoms with E-state index in [1.807, 2.05) is 0 Å². The van der Waals surface area contributed by atoms with Gasteiger partial charge in [0.05, 0.1) is 23.0 Å². The van der Waals surface area contributed by atoms with Gasteiger partial charge in [-0.25, -0.2) is 13.2 Å². The number of benzene rings is 2. The summed E-state index contributed by atoms with van der Waals surface area (Å²) < 4.78 is 84.4. The number of aromatic nitrogens is 4. The van der Waals surface area contributed by atoms with Gasteiger partial charge in [-0.1, -0.05) is 16.6 Å². The van der Waals surface area contributed by atoms with Crippen LogP contribution in [0.2, 0.25) is 0 Å². The van der Waals surface area contributed by atoms with Gasteiger partial charge in [-0.15, -0.1) is 18.3 Å². The summed E-state index contributed by atoms with van der Waals surface area (Å²) in [5, 5.41) is 15.7. The van der Waals surface area contributed by atoms with Crippen LogP contribution < -0.4 is 9.54 Å². The van der Waals surface area contributed by atoms with Gasteiger partial charge in [-0.05, 0) is 30.3 Å². The second kappa shape index (κ2) is 7.72. The minimum atomic E-state index is -4.81. The summed E-state index contributed by atoms with van der Waals surface area (Å²) >= 11 is 0.979. The Bertz CT molecular complexity index is 1300. The standard InChI is InChI=1S/C18H11F6N5OS/c19-11-5-9(6-12(20)16(11)21)13-8-28(27-26-13)3-4-29-14-2-1-10(30-18(22,23)24)7-15(14)31-17(29)25/h1-2,5-8,25H,3-4H2. The van der Waals surface area contributed by atoms with Gasteiger partial charge in [-0.2, -0.15) is 0 Å². The number of rotatable bonds is 5. The van der Waals surface area contributed by atoms with Gasteiger partial charge >= 0.3 is 6.36 Å². The van der Waals surface area contributed by atoms with Crippen molar-refractivity contribution in [3.05, 3.63) is 58.8 Å². The number of hydrogen-bond donors (Lipinski definition) is 1. The molecule has 0 saturated heterocycles. The molecular formula is C18H11F6N5OS. The van der Waals surface area contributed by atoms with Crippen molar-refractivity contribution in [3.8, 4) is 17.0 Å². The minimum Gasteiger partial charge on any atom is -0.406 e. The quantitative estimate of drug-likeness (QED) is 0.354. The Morgan fingerprint density at radius 2 is 1.74 bits per heavy atom. The average molecular weight is 459 g/mol. The third kappa shape index (κ3) is 4.40. The molecule has 0 aliphatic carbocycles. The molecule has 0 unspecified atom stereocenters. The van der Waals surface area contributed by atoms with Crippen LogP contribution in [-0.2, 0) is 13.1 Å². The van der Waals surface area contributed by atoms with E-state index in [2.05, 4.69) is 15.0 Å². The Balaban J connectivity index is 1.54. The summed E-state index contributed by atoms with van der Waals surface area (Å²) in [6, 6.07) is 5.38. The monoisotopic (exact) mass is 459 g/mol. The number of aryl methyl sites for hydroxylation is 2. The molecule has 0 aliphatic heterocycles. The molecule has 2 aromatic carbocycles. The Hall–Kier alpha value is -3.35. The molecular weight excluding hydrogens is 448 g/mol. The van der Waals surface area contributed by atoms with Crippen LogP contribution in [0.4, 0.5) is 26.3 Å². The molecule has 6 nitrogen and oxygen atoms in total. The number of nitrogens with one attached hydrogen (secondary N) is 1. The van der Waals surface area contributed by atoms with E-state index in [1.165, 1.54) is 23.0 Å². The summed E-state index contributed by atoms with van der Waals surface area (Å²) in [5.74, 6) is -4.66. The molecule has 0 fully saturated rings. The van der Waals surface area contributed by atoms with E-state index in [0.29, 0.717) is 10.2 Å². The van der Waals surface area contributed by atoms with Gasteiger partial charge in [0.25, 0.3) is 0 Å². The lowest BCUT2D eigenvalue weighted by Gasteiger charge is -2.09. The fraction of sp³-hybridized carbons (Fsp3) is 0.167.